The van der Waals surface area contributed by atoms with E-state index in [4.69, 9.17) is 4.74 Å². The second-order valence-electron chi connectivity index (χ2n) is 5.48. The molecule has 6 heteroatoms. The van der Waals surface area contributed by atoms with E-state index in [0.717, 1.165) is 10.6 Å². The smallest absolute Gasteiger partial charge is 0.255 e. The third-order valence-corrected chi connectivity index (χ3v) is 4.40. The summed E-state index contributed by atoms with van der Waals surface area (Å²) in [6.45, 7) is 2.38. The van der Waals surface area contributed by atoms with Gasteiger partial charge in [0.05, 0.1) is 22.7 Å². The van der Waals surface area contributed by atoms with Gasteiger partial charge in [0.25, 0.3) is 5.91 Å². The Morgan fingerprint density at radius 2 is 2.08 bits per heavy atom. The van der Waals surface area contributed by atoms with Gasteiger partial charge in [0.2, 0.25) is 0 Å². The first kappa shape index (κ1) is 16.4. The predicted octanol–water partition coefficient (Wildman–Crippen LogP) is 3.37. The predicted molar refractivity (Wildman–Crippen MR) is 95.7 cm³/mol. The van der Waals surface area contributed by atoms with Gasteiger partial charge in [0.15, 0.2) is 0 Å². The monoisotopic (exact) mass is 341 g/mol. The van der Waals surface area contributed by atoms with E-state index in [2.05, 4.69) is 10.4 Å². The van der Waals surface area contributed by atoms with Gasteiger partial charge in [-0.15, -0.1) is 11.3 Å². The number of carbonyl (C=O) groups excluding carboxylic acids is 1. The average molecular weight is 341 g/mol. The van der Waals surface area contributed by atoms with Crippen molar-refractivity contribution >= 4 is 17.2 Å². The van der Waals surface area contributed by atoms with Gasteiger partial charge >= 0.3 is 0 Å². The number of rotatable bonds is 6. The van der Waals surface area contributed by atoms with Gasteiger partial charge in [-0.25, -0.2) is 4.68 Å². The number of benzene rings is 1. The first-order chi connectivity index (χ1) is 11.7. The van der Waals surface area contributed by atoms with Crippen LogP contribution in [0.1, 0.15) is 17.3 Å². The number of para-hydroxylation sites is 1. The lowest BCUT2D eigenvalue weighted by Gasteiger charge is -2.12. The Kier molecular flexibility index (Phi) is 5.08. The highest BCUT2D eigenvalue weighted by Gasteiger charge is 2.20. The Bertz CT molecular complexity index is 797. The summed E-state index contributed by atoms with van der Waals surface area (Å²) in [6, 6.07) is 13.6. The van der Waals surface area contributed by atoms with Gasteiger partial charge < -0.3 is 10.1 Å². The summed E-state index contributed by atoms with van der Waals surface area (Å²) < 4.78 is 6.82. The first-order valence-corrected chi connectivity index (χ1v) is 8.55. The molecule has 124 valence electrons. The maximum Gasteiger partial charge on any atom is 0.255 e. The van der Waals surface area contributed by atoms with Crippen molar-refractivity contribution < 1.29 is 9.53 Å². The van der Waals surface area contributed by atoms with Crippen molar-refractivity contribution in [1.29, 1.82) is 0 Å². The van der Waals surface area contributed by atoms with E-state index < -0.39 is 0 Å². The van der Waals surface area contributed by atoms with Gasteiger partial charge in [-0.3, -0.25) is 4.79 Å². The van der Waals surface area contributed by atoms with Crippen LogP contribution in [0, 0.1) is 0 Å². The lowest BCUT2D eigenvalue weighted by Crippen LogP contribution is -2.35. The molecule has 0 saturated carbocycles. The Labute approximate surface area is 144 Å². The van der Waals surface area contributed by atoms with Gasteiger partial charge in [-0.2, -0.15) is 5.10 Å². The highest BCUT2D eigenvalue weighted by atomic mass is 32.1. The molecule has 2 heterocycles. The summed E-state index contributed by atoms with van der Waals surface area (Å²) in [5.74, 6) is -0.148. The summed E-state index contributed by atoms with van der Waals surface area (Å²) in [5, 5.41) is 9.56. The van der Waals surface area contributed by atoms with Gasteiger partial charge in [-0.1, -0.05) is 24.3 Å². The Balaban J connectivity index is 1.97. The Hall–Kier alpha value is -2.44. The van der Waals surface area contributed by atoms with Crippen molar-refractivity contribution in [2.75, 3.05) is 13.7 Å². The van der Waals surface area contributed by atoms with Crippen LogP contribution in [0.5, 0.6) is 0 Å². The highest BCUT2D eigenvalue weighted by molar-refractivity contribution is 7.13. The van der Waals surface area contributed by atoms with Crippen LogP contribution in [0.2, 0.25) is 0 Å². The molecule has 1 amide bonds. The minimum Gasteiger partial charge on any atom is -0.383 e. The van der Waals surface area contributed by atoms with Crippen molar-refractivity contribution in [3.8, 4) is 16.3 Å². The van der Waals surface area contributed by atoms with E-state index >= 15 is 0 Å². The van der Waals surface area contributed by atoms with E-state index in [-0.39, 0.29) is 11.9 Å². The van der Waals surface area contributed by atoms with Crippen molar-refractivity contribution in [3.05, 3.63) is 59.6 Å². The second kappa shape index (κ2) is 7.42. The number of ether oxygens (including phenoxy) is 1. The molecule has 3 aromatic rings. The Morgan fingerprint density at radius 1 is 1.29 bits per heavy atom. The summed E-state index contributed by atoms with van der Waals surface area (Å²) in [6.07, 6.45) is 1.78. The summed E-state index contributed by atoms with van der Waals surface area (Å²) >= 11 is 1.56. The fourth-order valence-corrected chi connectivity index (χ4v) is 3.16. The lowest BCUT2D eigenvalue weighted by atomic mass is 10.2. The van der Waals surface area contributed by atoms with Crippen LogP contribution in [-0.2, 0) is 4.74 Å². The minimum atomic E-state index is -0.148. The number of carbonyl (C=O) groups is 1. The van der Waals surface area contributed by atoms with Gasteiger partial charge in [-0.05, 0) is 30.5 Å². The molecule has 0 aliphatic carbocycles. The zero-order valence-corrected chi connectivity index (χ0v) is 14.4. The lowest BCUT2D eigenvalue weighted by molar-refractivity contribution is 0.0906. The second-order valence-corrected chi connectivity index (χ2v) is 6.43. The SMILES string of the molecule is COC[C@@H](C)NC(=O)c1cn(-c2ccccc2)nc1-c1cccs1. The molecule has 0 aliphatic rings. The normalized spacial score (nSPS) is 12.1. The fraction of sp³-hybridized carbons (Fsp3) is 0.222. The molecule has 1 aromatic carbocycles. The molecule has 2 aromatic heterocycles. The molecule has 5 nitrogen and oxygen atoms in total. The molecule has 0 aliphatic heterocycles. The average Bonchev–Trinajstić information content (AvgIpc) is 3.25. The number of amides is 1. The van der Waals surface area contributed by atoms with E-state index in [1.165, 1.54) is 0 Å². The highest BCUT2D eigenvalue weighted by Crippen LogP contribution is 2.27. The molecule has 0 fully saturated rings. The zero-order chi connectivity index (χ0) is 16.9. The van der Waals surface area contributed by atoms with Crippen LogP contribution in [0.3, 0.4) is 0 Å². The quantitative estimate of drug-likeness (QED) is 0.748. The molecule has 0 unspecified atom stereocenters. The van der Waals surface area contributed by atoms with E-state index in [1.54, 1.807) is 29.3 Å². The third-order valence-electron chi connectivity index (χ3n) is 3.53. The molecule has 0 saturated heterocycles. The standard InChI is InChI=1S/C18H19N3O2S/c1-13(12-23-2)19-18(22)15-11-21(14-7-4-3-5-8-14)20-17(15)16-9-6-10-24-16/h3-11,13H,12H2,1-2H3,(H,19,22)/t13-/m1/s1. The van der Waals surface area contributed by atoms with Gasteiger partial charge in [0.1, 0.15) is 5.69 Å². The van der Waals surface area contributed by atoms with Crippen molar-refractivity contribution in [2.24, 2.45) is 0 Å². The minimum absolute atomic E-state index is 0.0706. The summed E-state index contributed by atoms with van der Waals surface area (Å²) in [4.78, 5) is 13.6. The van der Waals surface area contributed by atoms with Crippen molar-refractivity contribution in [2.45, 2.75) is 13.0 Å². The number of nitrogens with zero attached hydrogens (tertiary/aromatic N) is 2. The number of thiophene rings is 1. The maximum atomic E-state index is 12.7. The van der Waals surface area contributed by atoms with Crippen LogP contribution in [0.4, 0.5) is 0 Å². The van der Waals surface area contributed by atoms with Gasteiger partial charge in [0, 0.05) is 19.3 Å². The van der Waals surface area contributed by atoms with E-state index in [9.17, 15) is 4.79 Å². The van der Waals surface area contributed by atoms with Crippen molar-refractivity contribution in [1.82, 2.24) is 15.1 Å². The van der Waals surface area contributed by atoms with Crippen molar-refractivity contribution in [3.63, 3.8) is 0 Å². The van der Waals surface area contributed by atoms with E-state index in [1.807, 2.05) is 54.8 Å². The molecule has 1 N–H and O–H groups in total. The Morgan fingerprint density at radius 3 is 2.75 bits per heavy atom. The fourth-order valence-electron chi connectivity index (χ4n) is 2.44. The third kappa shape index (κ3) is 3.55. The van der Waals surface area contributed by atoms with Crippen LogP contribution in [0.25, 0.3) is 16.3 Å². The summed E-state index contributed by atoms with van der Waals surface area (Å²) in [5.41, 5.74) is 2.17. The molecule has 3 rings (SSSR count). The molecule has 0 spiro atoms. The topological polar surface area (TPSA) is 56.1 Å². The number of hydrogen-bond acceptors (Lipinski definition) is 4. The maximum absolute atomic E-state index is 12.7. The molecular weight excluding hydrogens is 322 g/mol. The van der Waals surface area contributed by atoms with Crippen LogP contribution in [-0.4, -0.2) is 35.4 Å². The number of hydrogen-bond donors (Lipinski definition) is 1. The number of aromatic nitrogens is 2. The first-order valence-electron chi connectivity index (χ1n) is 7.68. The molecule has 24 heavy (non-hydrogen) atoms. The number of nitrogens with one attached hydrogen (secondary N) is 1. The van der Waals surface area contributed by atoms with Crippen LogP contribution in [0.15, 0.2) is 54.0 Å². The molecule has 0 radical (unpaired) electrons. The zero-order valence-electron chi connectivity index (χ0n) is 13.6. The van der Waals surface area contributed by atoms with Crippen LogP contribution < -0.4 is 5.32 Å². The summed E-state index contributed by atoms with van der Waals surface area (Å²) in [7, 11) is 1.62. The number of methoxy groups -OCH3 is 1. The largest absolute Gasteiger partial charge is 0.383 e. The molecule has 1 atom stereocenters. The van der Waals surface area contributed by atoms with E-state index in [0.29, 0.717) is 17.9 Å². The molecule has 0 bridgehead atoms. The van der Waals surface area contributed by atoms with Crippen LogP contribution >= 0.6 is 11.3 Å². The molecular formula is C18H19N3O2S.